The van der Waals surface area contributed by atoms with E-state index in [9.17, 15) is 27.6 Å². The monoisotopic (exact) mass is 312 g/mol. The molecule has 21 heavy (non-hydrogen) atoms. The molecule has 10 heteroatoms. The number of carbonyl (C=O) groups excluding carboxylic acids is 2. The Balaban J connectivity index is 2.41. The van der Waals surface area contributed by atoms with Gasteiger partial charge < -0.3 is 20.1 Å². The van der Waals surface area contributed by atoms with Crippen molar-refractivity contribution in [3.63, 3.8) is 0 Å². The standard InChI is InChI=1S/C11H15F3N2O5/c1-16(4-8(17)15-5-11(12,13)14)9(18)6-2-3-7(21-6)10(19)20/h6-7H,2-5H2,1H3,(H,15,17)(H,19,20)/t6-,7+/m0/s1. The lowest BCUT2D eigenvalue weighted by atomic mass is 10.2. The Bertz CT molecular complexity index is 427. The van der Waals surface area contributed by atoms with Gasteiger partial charge in [0, 0.05) is 7.05 Å². The van der Waals surface area contributed by atoms with E-state index < -0.39 is 49.3 Å². The molecular formula is C11H15F3N2O5. The molecule has 2 atom stereocenters. The molecule has 0 aromatic rings. The van der Waals surface area contributed by atoms with Crippen LogP contribution in [0.4, 0.5) is 13.2 Å². The lowest BCUT2D eigenvalue weighted by Gasteiger charge is -2.20. The van der Waals surface area contributed by atoms with Gasteiger partial charge in [-0.1, -0.05) is 0 Å². The number of carboxylic acid groups (broad SMARTS) is 1. The molecule has 2 amide bonds. The zero-order valence-corrected chi connectivity index (χ0v) is 11.1. The predicted octanol–water partition coefficient (Wildman–Crippen LogP) is -0.245. The van der Waals surface area contributed by atoms with E-state index in [1.807, 2.05) is 0 Å². The number of hydrogen-bond donors (Lipinski definition) is 2. The number of hydrogen-bond acceptors (Lipinski definition) is 4. The molecule has 1 aliphatic rings. The van der Waals surface area contributed by atoms with Gasteiger partial charge in [0.2, 0.25) is 5.91 Å². The zero-order chi connectivity index (χ0) is 16.2. The number of rotatable bonds is 5. The van der Waals surface area contributed by atoms with Gasteiger partial charge in [0.25, 0.3) is 5.91 Å². The van der Waals surface area contributed by atoms with E-state index in [2.05, 4.69) is 0 Å². The van der Waals surface area contributed by atoms with Crippen LogP contribution in [0.25, 0.3) is 0 Å². The smallest absolute Gasteiger partial charge is 0.405 e. The van der Waals surface area contributed by atoms with Gasteiger partial charge in [-0.2, -0.15) is 13.2 Å². The van der Waals surface area contributed by atoms with Crippen LogP contribution in [-0.2, 0) is 19.1 Å². The van der Waals surface area contributed by atoms with Crippen molar-refractivity contribution in [3.8, 4) is 0 Å². The molecule has 1 heterocycles. The highest BCUT2D eigenvalue weighted by molar-refractivity contribution is 5.87. The summed E-state index contributed by atoms with van der Waals surface area (Å²) < 4.78 is 40.7. The number of alkyl halides is 3. The van der Waals surface area contributed by atoms with E-state index in [0.29, 0.717) is 0 Å². The summed E-state index contributed by atoms with van der Waals surface area (Å²) in [5, 5.41) is 10.4. The summed E-state index contributed by atoms with van der Waals surface area (Å²) in [6, 6.07) is 0. The second kappa shape index (κ2) is 6.74. The third kappa shape index (κ3) is 5.58. The molecule has 120 valence electrons. The molecule has 1 fully saturated rings. The molecule has 0 saturated carbocycles. The van der Waals surface area contributed by atoms with Gasteiger partial charge in [0.15, 0.2) is 6.10 Å². The highest BCUT2D eigenvalue weighted by atomic mass is 19.4. The van der Waals surface area contributed by atoms with E-state index in [1.54, 1.807) is 5.32 Å². The molecule has 7 nitrogen and oxygen atoms in total. The number of nitrogens with zero attached hydrogens (tertiary/aromatic N) is 1. The molecular weight excluding hydrogens is 297 g/mol. The molecule has 0 unspecified atom stereocenters. The van der Waals surface area contributed by atoms with Crippen LogP contribution >= 0.6 is 0 Å². The zero-order valence-electron chi connectivity index (χ0n) is 11.1. The minimum atomic E-state index is -4.53. The van der Waals surface area contributed by atoms with Crippen LogP contribution in [0.15, 0.2) is 0 Å². The minimum absolute atomic E-state index is 0.167. The lowest BCUT2D eigenvalue weighted by molar-refractivity contribution is -0.155. The fourth-order valence-electron chi connectivity index (χ4n) is 1.79. The Morgan fingerprint density at radius 1 is 1.29 bits per heavy atom. The van der Waals surface area contributed by atoms with Gasteiger partial charge in [-0.15, -0.1) is 0 Å². The van der Waals surface area contributed by atoms with E-state index >= 15 is 0 Å². The number of halogens is 3. The van der Waals surface area contributed by atoms with Crippen LogP contribution in [0, 0.1) is 0 Å². The average Bonchev–Trinajstić information content (AvgIpc) is 2.84. The SMILES string of the molecule is CN(CC(=O)NCC(F)(F)F)C(=O)[C@@H]1CC[C@H](C(=O)O)O1. The maximum absolute atomic E-state index is 11.9. The van der Waals surface area contributed by atoms with Crippen molar-refractivity contribution in [2.45, 2.75) is 31.2 Å². The first-order chi connectivity index (χ1) is 9.60. The van der Waals surface area contributed by atoms with Crippen molar-refractivity contribution in [1.82, 2.24) is 10.2 Å². The third-order valence-electron chi connectivity index (χ3n) is 2.81. The van der Waals surface area contributed by atoms with Crippen molar-refractivity contribution >= 4 is 17.8 Å². The topological polar surface area (TPSA) is 95.9 Å². The van der Waals surface area contributed by atoms with Gasteiger partial charge >= 0.3 is 12.1 Å². The maximum Gasteiger partial charge on any atom is 0.405 e. The number of nitrogens with one attached hydrogen (secondary N) is 1. The molecule has 0 spiro atoms. The molecule has 0 radical (unpaired) electrons. The van der Waals surface area contributed by atoms with E-state index in [-0.39, 0.29) is 12.8 Å². The summed E-state index contributed by atoms with van der Waals surface area (Å²) in [6.07, 6.45) is -6.25. The Morgan fingerprint density at radius 3 is 2.33 bits per heavy atom. The molecule has 2 N–H and O–H groups in total. The Kier molecular flexibility index (Phi) is 5.53. The number of carboxylic acids is 1. The largest absolute Gasteiger partial charge is 0.479 e. The van der Waals surface area contributed by atoms with Crippen LogP contribution in [0.5, 0.6) is 0 Å². The molecule has 0 bridgehead atoms. The summed E-state index contributed by atoms with van der Waals surface area (Å²) in [6.45, 7) is -2.04. The first-order valence-electron chi connectivity index (χ1n) is 6.07. The number of likely N-dealkylation sites (N-methyl/N-ethyl adjacent to an activating group) is 1. The molecule has 1 aliphatic heterocycles. The van der Waals surface area contributed by atoms with Crippen molar-refractivity contribution in [3.05, 3.63) is 0 Å². The number of carbonyl (C=O) groups is 3. The van der Waals surface area contributed by atoms with Crippen LogP contribution in [0.3, 0.4) is 0 Å². The van der Waals surface area contributed by atoms with Crippen LogP contribution in [-0.4, -0.2) is 66.3 Å². The lowest BCUT2D eigenvalue weighted by Crippen LogP contribution is -2.44. The van der Waals surface area contributed by atoms with Gasteiger partial charge in [0.05, 0.1) is 6.54 Å². The second-order valence-electron chi connectivity index (χ2n) is 4.62. The van der Waals surface area contributed by atoms with Crippen molar-refractivity contribution in [2.75, 3.05) is 20.1 Å². The molecule has 0 aliphatic carbocycles. The first kappa shape index (κ1) is 17.2. The van der Waals surface area contributed by atoms with E-state index in [4.69, 9.17) is 9.84 Å². The third-order valence-corrected chi connectivity index (χ3v) is 2.81. The number of amides is 2. The minimum Gasteiger partial charge on any atom is -0.479 e. The first-order valence-corrected chi connectivity index (χ1v) is 6.07. The molecule has 0 aromatic heterocycles. The van der Waals surface area contributed by atoms with Crippen molar-refractivity contribution in [1.29, 1.82) is 0 Å². The molecule has 1 rings (SSSR count). The fourth-order valence-corrected chi connectivity index (χ4v) is 1.79. The summed E-state index contributed by atoms with van der Waals surface area (Å²) in [4.78, 5) is 34.7. The van der Waals surface area contributed by atoms with E-state index in [1.165, 1.54) is 7.05 Å². The maximum atomic E-state index is 11.9. The predicted molar refractivity (Wildman–Crippen MR) is 62.2 cm³/mol. The van der Waals surface area contributed by atoms with Crippen LogP contribution < -0.4 is 5.32 Å². The Morgan fingerprint density at radius 2 is 1.86 bits per heavy atom. The van der Waals surface area contributed by atoms with Gasteiger partial charge in [0.1, 0.15) is 12.6 Å². The number of ether oxygens (including phenoxy) is 1. The Labute approximate surface area is 118 Å². The fraction of sp³-hybridized carbons (Fsp3) is 0.727. The second-order valence-corrected chi connectivity index (χ2v) is 4.62. The summed E-state index contributed by atoms with van der Waals surface area (Å²) >= 11 is 0. The molecule has 1 saturated heterocycles. The van der Waals surface area contributed by atoms with E-state index in [0.717, 1.165) is 4.90 Å². The Hall–Kier alpha value is -1.84. The van der Waals surface area contributed by atoms with Crippen LogP contribution in [0.1, 0.15) is 12.8 Å². The highest BCUT2D eigenvalue weighted by Crippen LogP contribution is 2.21. The number of aliphatic carboxylic acids is 1. The van der Waals surface area contributed by atoms with Crippen molar-refractivity contribution in [2.24, 2.45) is 0 Å². The molecule has 0 aromatic carbocycles. The summed E-state index contributed by atoms with van der Waals surface area (Å²) in [7, 11) is 1.23. The van der Waals surface area contributed by atoms with Crippen molar-refractivity contribution < 1.29 is 37.4 Å². The normalized spacial score (nSPS) is 21.9. The van der Waals surface area contributed by atoms with Gasteiger partial charge in [-0.25, -0.2) is 4.79 Å². The average molecular weight is 312 g/mol. The van der Waals surface area contributed by atoms with Crippen LogP contribution in [0.2, 0.25) is 0 Å². The highest BCUT2D eigenvalue weighted by Gasteiger charge is 2.36. The summed E-state index contributed by atoms with van der Waals surface area (Å²) in [5.41, 5.74) is 0. The van der Waals surface area contributed by atoms with Gasteiger partial charge in [-0.05, 0) is 12.8 Å². The van der Waals surface area contributed by atoms with Gasteiger partial charge in [-0.3, -0.25) is 9.59 Å². The summed E-state index contributed by atoms with van der Waals surface area (Å²) in [5.74, 6) is -2.78. The quantitative estimate of drug-likeness (QED) is 0.730.